The molecule has 2 aromatic rings. The quantitative estimate of drug-likeness (QED) is 0.278. The number of benzene rings is 2. The lowest BCUT2D eigenvalue weighted by Gasteiger charge is -2.52. The number of carbonyl (C=O) groups is 1. The molecule has 5 atom stereocenters. The van der Waals surface area contributed by atoms with E-state index in [2.05, 4.69) is 41.7 Å². The van der Waals surface area contributed by atoms with Gasteiger partial charge in [-0.05, 0) is 111 Å². The highest BCUT2D eigenvalue weighted by atomic mass is 35.5. The molecule has 2 heterocycles. The zero-order chi connectivity index (χ0) is 27.9. The van der Waals surface area contributed by atoms with E-state index in [9.17, 15) is 9.90 Å². The van der Waals surface area contributed by atoms with Crippen molar-refractivity contribution in [3.63, 3.8) is 0 Å². The largest absolute Gasteiger partial charge is 0.490 e. The van der Waals surface area contributed by atoms with Gasteiger partial charge < -0.3 is 14.7 Å². The average molecular weight is 581 g/mol. The summed E-state index contributed by atoms with van der Waals surface area (Å²) in [4.78, 5) is 15.8. The molecule has 2 aromatic carbocycles. The Morgan fingerprint density at radius 2 is 2.08 bits per heavy atom. The molecule has 2 N–H and O–H groups in total. The number of ether oxygens (including phenoxy) is 1. The van der Waals surface area contributed by atoms with Crippen molar-refractivity contribution in [2.24, 2.45) is 11.3 Å². The van der Waals surface area contributed by atoms with Crippen LogP contribution in [0, 0.1) is 11.3 Å². The fraction of sp³-hybridized carbons (Fsp3) is 0.545. The van der Waals surface area contributed by atoms with E-state index >= 15 is 0 Å². The van der Waals surface area contributed by atoms with Crippen molar-refractivity contribution in [2.45, 2.75) is 82.0 Å². The van der Waals surface area contributed by atoms with Crippen LogP contribution in [-0.2, 0) is 11.8 Å². The second-order valence-corrected chi connectivity index (χ2v) is 14.1. The van der Waals surface area contributed by atoms with E-state index < -0.39 is 6.10 Å². The molecule has 0 radical (unpaired) electrons. The Labute approximate surface area is 247 Å². The Balaban J connectivity index is 1.41. The summed E-state index contributed by atoms with van der Waals surface area (Å²) in [5.74, 6) is 1.11. The predicted molar refractivity (Wildman–Crippen MR) is 165 cm³/mol. The van der Waals surface area contributed by atoms with Gasteiger partial charge in [0.2, 0.25) is 0 Å². The van der Waals surface area contributed by atoms with Crippen LogP contribution in [0.25, 0.3) is 0 Å². The zero-order valence-electron chi connectivity index (χ0n) is 23.6. The third-order valence-electron chi connectivity index (χ3n) is 10.1. The second-order valence-electron chi connectivity index (χ2n) is 12.6. The van der Waals surface area contributed by atoms with Gasteiger partial charge in [0, 0.05) is 39.8 Å². The zero-order valence-corrected chi connectivity index (χ0v) is 25.2. The van der Waals surface area contributed by atoms with Crippen molar-refractivity contribution in [2.75, 3.05) is 24.6 Å². The molecule has 1 saturated carbocycles. The summed E-state index contributed by atoms with van der Waals surface area (Å²) in [6, 6.07) is 12.2. The van der Waals surface area contributed by atoms with Crippen LogP contribution in [0.2, 0.25) is 5.02 Å². The van der Waals surface area contributed by atoms with Crippen molar-refractivity contribution >= 4 is 35.1 Å². The van der Waals surface area contributed by atoms with Gasteiger partial charge >= 0.3 is 0 Å². The van der Waals surface area contributed by atoms with E-state index in [4.69, 9.17) is 16.3 Å². The summed E-state index contributed by atoms with van der Waals surface area (Å²) in [6.07, 6.45) is 11.8. The second kappa shape index (κ2) is 11.3. The minimum absolute atomic E-state index is 0.0608. The Kier molecular flexibility index (Phi) is 7.88. The molecule has 2 aliphatic heterocycles. The number of hydrogen-bond donors (Lipinski definition) is 2. The molecule has 5 nitrogen and oxygen atoms in total. The number of nitrogens with zero attached hydrogens (tertiary/aromatic N) is 1. The van der Waals surface area contributed by atoms with Crippen molar-refractivity contribution in [3.05, 3.63) is 70.3 Å². The van der Waals surface area contributed by atoms with Gasteiger partial charge in [-0.25, -0.2) is 0 Å². The van der Waals surface area contributed by atoms with Crippen molar-refractivity contribution in [3.8, 4) is 5.75 Å². The number of aryl methyl sites for hydroxylation is 1. The van der Waals surface area contributed by atoms with E-state index in [1.807, 2.05) is 30.3 Å². The van der Waals surface area contributed by atoms with Crippen LogP contribution in [0.15, 0.2) is 48.6 Å². The molecule has 0 aromatic heterocycles. The molecule has 214 valence electrons. The van der Waals surface area contributed by atoms with Crippen LogP contribution < -0.4 is 14.4 Å². The Hall–Kier alpha value is -2.15. The third kappa shape index (κ3) is 5.16. The van der Waals surface area contributed by atoms with Crippen molar-refractivity contribution in [1.82, 2.24) is 4.72 Å². The topological polar surface area (TPSA) is 61.8 Å². The van der Waals surface area contributed by atoms with Crippen LogP contribution in [0.1, 0.15) is 80.3 Å². The number of amides is 1. The molecule has 40 heavy (non-hydrogen) atoms. The van der Waals surface area contributed by atoms with E-state index in [0.717, 1.165) is 80.9 Å². The van der Waals surface area contributed by atoms with Gasteiger partial charge in [-0.1, -0.05) is 43.7 Å². The first-order chi connectivity index (χ1) is 19.3. The van der Waals surface area contributed by atoms with Crippen LogP contribution in [0.4, 0.5) is 5.69 Å². The monoisotopic (exact) mass is 580 g/mol. The lowest BCUT2D eigenvalue weighted by atomic mass is 9.58. The maximum atomic E-state index is 13.3. The summed E-state index contributed by atoms with van der Waals surface area (Å²) >= 11 is 7.93. The van der Waals surface area contributed by atoms with Crippen molar-refractivity contribution < 1.29 is 14.6 Å². The maximum absolute atomic E-state index is 13.3. The third-order valence-corrected chi connectivity index (χ3v) is 11.6. The molecule has 4 aliphatic rings. The molecular formula is C33H41ClN2O3S. The summed E-state index contributed by atoms with van der Waals surface area (Å²) in [5, 5.41) is 12.4. The number of aliphatic hydroxyl groups is 1. The number of halogens is 1. The van der Waals surface area contributed by atoms with Crippen LogP contribution in [0.5, 0.6) is 5.75 Å². The van der Waals surface area contributed by atoms with E-state index in [-0.39, 0.29) is 16.7 Å². The molecule has 1 amide bonds. The minimum Gasteiger partial charge on any atom is -0.490 e. The van der Waals surface area contributed by atoms with Gasteiger partial charge in [-0.2, -0.15) is 0 Å². The number of fused-ring (bicyclic) bond motifs is 4. The summed E-state index contributed by atoms with van der Waals surface area (Å²) in [6.45, 7) is 6.63. The summed E-state index contributed by atoms with van der Waals surface area (Å²) < 4.78 is 9.73. The van der Waals surface area contributed by atoms with Crippen LogP contribution in [-0.4, -0.2) is 42.1 Å². The molecule has 0 unspecified atom stereocenters. The van der Waals surface area contributed by atoms with Gasteiger partial charge in [-0.3, -0.25) is 9.52 Å². The number of aliphatic hydroxyl groups excluding tert-OH is 1. The number of carbonyl (C=O) groups excluding carboxylic acids is 1. The molecule has 1 spiro atoms. The lowest BCUT2D eigenvalue weighted by molar-refractivity contribution is -0.0469. The molecule has 0 saturated heterocycles. The van der Waals surface area contributed by atoms with Crippen LogP contribution >= 0.6 is 23.5 Å². The normalized spacial score (nSPS) is 33.0. The maximum Gasteiger partial charge on any atom is 0.261 e. The molecule has 2 bridgehead atoms. The average Bonchev–Trinajstić information content (AvgIpc) is 3.10. The van der Waals surface area contributed by atoms with E-state index in [0.29, 0.717) is 23.3 Å². The van der Waals surface area contributed by atoms with E-state index in [1.54, 1.807) is 0 Å². The minimum atomic E-state index is -0.466. The highest BCUT2D eigenvalue weighted by molar-refractivity contribution is 7.98. The number of anilines is 1. The number of hydrogen-bond acceptors (Lipinski definition) is 5. The van der Waals surface area contributed by atoms with Crippen molar-refractivity contribution in [1.29, 1.82) is 0 Å². The lowest BCUT2D eigenvalue weighted by Crippen LogP contribution is -2.53. The van der Waals surface area contributed by atoms with Gasteiger partial charge in [-0.15, -0.1) is 0 Å². The number of rotatable bonds is 1. The van der Waals surface area contributed by atoms with Crippen LogP contribution in [0.3, 0.4) is 0 Å². The molecule has 6 rings (SSSR count). The smallest absolute Gasteiger partial charge is 0.261 e. The first-order valence-corrected chi connectivity index (χ1v) is 16.2. The SMILES string of the molecule is CC[C@@H]1CC/C=C\[C@H](O)[C@@]2(C)CC[C@@H]2CN2C[C@@]3(CCCc4cc(Cl)ccc43)COc3ccc(cc32)C(=O)NS1. The van der Waals surface area contributed by atoms with Gasteiger partial charge in [0.1, 0.15) is 5.75 Å². The number of allylic oxidation sites excluding steroid dienone is 1. The Bertz CT molecular complexity index is 1300. The highest BCUT2D eigenvalue weighted by Crippen LogP contribution is 2.52. The van der Waals surface area contributed by atoms with Gasteiger partial charge in [0.25, 0.3) is 5.91 Å². The van der Waals surface area contributed by atoms with Gasteiger partial charge in [0.15, 0.2) is 0 Å². The molecule has 7 heteroatoms. The molecule has 2 aliphatic carbocycles. The predicted octanol–water partition coefficient (Wildman–Crippen LogP) is 7.10. The van der Waals surface area contributed by atoms with E-state index in [1.165, 1.54) is 23.1 Å². The fourth-order valence-corrected chi connectivity index (χ4v) is 8.29. The first-order valence-electron chi connectivity index (χ1n) is 14.9. The molecular weight excluding hydrogens is 540 g/mol. The Morgan fingerprint density at radius 1 is 1.20 bits per heavy atom. The van der Waals surface area contributed by atoms with Gasteiger partial charge in [0.05, 0.1) is 18.4 Å². The fourth-order valence-electron chi connectivity index (χ4n) is 7.28. The summed E-state index contributed by atoms with van der Waals surface area (Å²) in [7, 11) is 0. The first kappa shape index (κ1) is 28.0. The standard InChI is InChI=1S/C33H41ClN2O3S/c1-3-26-8-4-5-9-30(37)32(2)16-14-24(32)19-36-20-33(15-6-7-22-17-25(34)11-12-27(22)33)21-39-29-13-10-23(18-28(29)36)31(38)35-40-26/h5,9-13,17-18,24,26,30,37H,3-4,6-8,14-16,19-21H2,1-2H3,(H,35,38)/b9-5-/t24-,26-,30+,32+,33+/m1/s1. The highest BCUT2D eigenvalue weighted by Gasteiger charge is 2.49. The summed E-state index contributed by atoms with van der Waals surface area (Å²) in [5.41, 5.74) is 3.96. The molecule has 1 fully saturated rings. The number of nitrogens with one attached hydrogen (secondary N) is 1. The Morgan fingerprint density at radius 3 is 2.88 bits per heavy atom.